The van der Waals surface area contributed by atoms with E-state index < -0.39 is 0 Å². The molecular weight excluding hydrogens is 446 g/mol. The number of aryl methyl sites for hydroxylation is 1. The van der Waals surface area contributed by atoms with Gasteiger partial charge in [0.15, 0.2) is 5.13 Å². The van der Waals surface area contributed by atoms with Gasteiger partial charge in [-0.1, -0.05) is 23.7 Å². The Hall–Kier alpha value is -2.90. The van der Waals surface area contributed by atoms with Crippen LogP contribution in [0.15, 0.2) is 48.5 Å². The first-order valence-corrected chi connectivity index (χ1v) is 11.7. The highest BCUT2D eigenvalue weighted by Crippen LogP contribution is 2.37. The molecule has 0 saturated carbocycles. The van der Waals surface area contributed by atoms with Gasteiger partial charge in [0.25, 0.3) is 5.91 Å². The number of carbonyl (C=O) groups is 2. The topological polar surface area (TPSA) is 80.3 Å². The van der Waals surface area contributed by atoms with E-state index in [0.29, 0.717) is 22.3 Å². The zero-order valence-corrected chi connectivity index (χ0v) is 19.3. The molecule has 0 aliphatic heterocycles. The number of thiazole rings is 1. The summed E-state index contributed by atoms with van der Waals surface area (Å²) >= 11 is 7.33. The number of amides is 2. The number of carbonyl (C=O) groups excluding carboxylic acids is 2. The predicted octanol–water partition coefficient (Wildman–Crippen LogP) is 4.84. The van der Waals surface area contributed by atoms with Crippen molar-refractivity contribution in [2.24, 2.45) is 0 Å². The van der Waals surface area contributed by atoms with Crippen molar-refractivity contribution in [2.75, 3.05) is 19.0 Å². The average Bonchev–Trinajstić information content (AvgIpc) is 3.22. The number of ether oxygens (including phenoxy) is 1. The number of hydrogen-bond acceptors (Lipinski definition) is 5. The van der Waals surface area contributed by atoms with E-state index in [-0.39, 0.29) is 17.7 Å². The van der Waals surface area contributed by atoms with E-state index in [9.17, 15) is 9.59 Å². The van der Waals surface area contributed by atoms with E-state index in [4.69, 9.17) is 16.3 Å². The Morgan fingerprint density at radius 1 is 1.22 bits per heavy atom. The fourth-order valence-corrected chi connectivity index (χ4v) is 4.96. The Labute approximate surface area is 196 Å². The maximum absolute atomic E-state index is 12.9. The monoisotopic (exact) mass is 469 g/mol. The highest BCUT2D eigenvalue weighted by molar-refractivity contribution is 7.16. The zero-order chi connectivity index (χ0) is 22.5. The van der Waals surface area contributed by atoms with Gasteiger partial charge in [0, 0.05) is 22.0 Å². The molecule has 8 heteroatoms. The second-order valence-corrected chi connectivity index (χ2v) is 9.15. The number of methoxy groups -OCH3 is 1. The van der Waals surface area contributed by atoms with Gasteiger partial charge in [-0.25, -0.2) is 4.98 Å². The van der Waals surface area contributed by atoms with E-state index in [1.807, 2.05) is 24.3 Å². The molecule has 1 heterocycles. The van der Waals surface area contributed by atoms with Crippen LogP contribution in [0, 0.1) is 0 Å². The fourth-order valence-electron chi connectivity index (χ4n) is 3.78. The quantitative estimate of drug-likeness (QED) is 0.519. The number of fused-ring (bicyclic) bond motifs is 1. The molecular formula is C24H24ClN3O3S. The van der Waals surface area contributed by atoms with E-state index >= 15 is 0 Å². The Bertz CT molecular complexity index is 1110. The summed E-state index contributed by atoms with van der Waals surface area (Å²) in [6.45, 7) is 0.544. The molecule has 4 rings (SSSR count). The Balaban J connectivity index is 1.38. The van der Waals surface area contributed by atoms with E-state index in [2.05, 4.69) is 15.6 Å². The van der Waals surface area contributed by atoms with Crippen LogP contribution in [0.5, 0.6) is 5.75 Å². The molecule has 0 fully saturated rings. The summed E-state index contributed by atoms with van der Waals surface area (Å²) < 4.78 is 5.25. The first-order chi connectivity index (χ1) is 15.5. The molecule has 166 valence electrons. The third-order valence-electron chi connectivity index (χ3n) is 5.44. The van der Waals surface area contributed by atoms with Crippen molar-refractivity contribution >= 4 is 39.9 Å². The van der Waals surface area contributed by atoms with Crippen LogP contribution >= 0.6 is 22.9 Å². The van der Waals surface area contributed by atoms with Gasteiger partial charge in [-0.3, -0.25) is 14.9 Å². The molecule has 0 bridgehead atoms. The van der Waals surface area contributed by atoms with Gasteiger partial charge in [-0.05, 0) is 67.6 Å². The lowest BCUT2D eigenvalue weighted by atomic mass is 9.90. The number of nitrogens with one attached hydrogen (secondary N) is 2. The SMILES string of the molecule is COc1cccc(CCNC(=O)[C@@H]2CCCc3sc(NC(=O)c4ccc(Cl)cc4)nc32)c1. The van der Waals surface area contributed by atoms with Crippen molar-refractivity contribution < 1.29 is 14.3 Å². The molecule has 1 aromatic heterocycles. The van der Waals surface area contributed by atoms with E-state index in [1.54, 1.807) is 31.4 Å². The largest absolute Gasteiger partial charge is 0.497 e. The molecule has 2 N–H and O–H groups in total. The zero-order valence-electron chi connectivity index (χ0n) is 17.7. The van der Waals surface area contributed by atoms with Crippen LogP contribution in [-0.4, -0.2) is 30.5 Å². The number of hydrogen-bond donors (Lipinski definition) is 2. The van der Waals surface area contributed by atoms with Crippen molar-refractivity contribution in [1.29, 1.82) is 0 Å². The number of aromatic nitrogens is 1. The molecule has 1 atom stereocenters. The average molecular weight is 470 g/mol. The minimum Gasteiger partial charge on any atom is -0.497 e. The first-order valence-electron chi connectivity index (χ1n) is 10.5. The van der Waals surface area contributed by atoms with Crippen molar-refractivity contribution in [3.63, 3.8) is 0 Å². The summed E-state index contributed by atoms with van der Waals surface area (Å²) in [4.78, 5) is 31.1. The normalized spacial score (nSPS) is 15.0. The van der Waals surface area contributed by atoms with Gasteiger partial charge < -0.3 is 10.1 Å². The molecule has 6 nitrogen and oxygen atoms in total. The molecule has 32 heavy (non-hydrogen) atoms. The van der Waals surface area contributed by atoms with Gasteiger partial charge in [0.1, 0.15) is 5.75 Å². The van der Waals surface area contributed by atoms with E-state index in [0.717, 1.165) is 47.6 Å². The van der Waals surface area contributed by atoms with Crippen LogP contribution in [0.4, 0.5) is 5.13 Å². The number of benzene rings is 2. The molecule has 1 aliphatic rings. The number of rotatable bonds is 7. The summed E-state index contributed by atoms with van der Waals surface area (Å²) in [5, 5.41) is 6.99. The molecule has 2 aromatic carbocycles. The van der Waals surface area contributed by atoms with Gasteiger partial charge in [0.05, 0.1) is 18.7 Å². The Morgan fingerprint density at radius 3 is 2.81 bits per heavy atom. The van der Waals surface area contributed by atoms with Crippen LogP contribution in [0.1, 0.15) is 45.3 Å². The summed E-state index contributed by atoms with van der Waals surface area (Å²) in [5.74, 6) is 0.254. The van der Waals surface area contributed by atoms with Gasteiger partial charge in [-0.15, -0.1) is 11.3 Å². The standard InChI is InChI=1S/C24H24ClN3O3S/c1-31-18-5-2-4-15(14-18)12-13-26-23(30)19-6-3-7-20-21(19)27-24(32-20)28-22(29)16-8-10-17(25)11-9-16/h2,4-5,8-11,14,19H,3,6-7,12-13H2,1H3,(H,26,30)(H,27,28,29)/t19-/m1/s1. The van der Waals surface area contributed by atoms with Crippen LogP contribution < -0.4 is 15.4 Å². The molecule has 3 aromatic rings. The van der Waals surface area contributed by atoms with Crippen LogP contribution in [0.2, 0.25) is 5.02 Å². The van der Waals surface area contributed by atoms with E-state index in [1.165, 1.54) is 11.3 Å². The Kier molecular flexibility index (Phi) is 7.07. The highest BCUT2D eigenvalue weighted by atomic mass is 35.5. The lowest BCUT2D eigenvalue weighted by molar-refractivity contribution is -0.122. The summed E-state index contributed by atoms with van der Waals surface area (Å²) in [6.07, 6.45) is 3.28. The first kappa shape index (κ1) is 22.3. The third-order valence-corrected chi connectivity index (χ3v) is 6.74. The van der Waals surface area contributed by atoms with Crippen molar-refractivity contribution in [3.8, 4) is 5.75 Å². The maximum Gasteiger partial charge on any atom is 0.257 e. The maximum atomic E-state index is 12.9. The minimum absolute atomic E-state index is 0.0188. The van der Waals surface area contributed by atoms with Crippen LogP contribution in [0.25, 0.3) is 0 Å². The lowest BCUT2D eigenvalue weighted by Crippen LogP contribution is -2.32. The molecule has 2 amide bonds. The lowest BCUT2D eigenvalue weighted by Gasteiger charge is -2.20. The molecule has 1 aliphatic carbocycles. The number of halogens is 1. The molecule has 0 spiro atoms. The number of anilines is 1. The summed E-state index contributed by atoms with van der Waals surface area (Å²) in [7, 11) is 1.64. The Morgan fingerprint density at radius 2 is 2.03 bits per heavy atom. The fraction of sp³-hybridized carbons (Fsp3) is 0.292. The third kappa shape index (κ3) is 5.29. The molecule has 0 unspecified atom stereocenters. The van der Waals surface area contributed by atoms with Crippen molar-refractivity contribution in [2.45, 2.75) is 31.6 Å². The van der Waals surface area contributed by atoms with Gasteiger partial charge in [-0.2, -0.15) is 0 Å². The van der Waals surface area contributed by atoms with Crippen LogP contribution in [0.3, 0.4) is 0 Å². The minimum atomic E-state index is -0.290. The van der Waals surface area contributed by atoms with Gasteiger partial charge >= 0.3 is 0 Å². The molecule has 0 radical (unpaired) electrons. The van der Waals surface area contributed by atoms with Crippen molar-refractivity contribution in [3.05, 3.63) is 75.3 Å². The second kappa shape index (κ2) is 10.1. The predicted molar refractivity (Wildman–Crippen MR) is 127 cm³/mol. The molecule has 0 saturated heterocycles. The van der Waals surface area contributed by atoms with Crippen LogP contribution in [-0.2, 0) is 17.6 Å². The second-order valence-electron chi connectivity index (χ2n) is 7.63. The van der Waals surface area contributed by atoms with Gasteiger partial charge in [0.2, 0.25) is 5.91 Å². The smallest absolute Gasteiger partial charge is 0.257 e. The summed E-state index contributed by atoms with van der Waals surface area (Å²) in [5.41, 5.74) is 2.40. The number of nitrogens with zero attached hydrogens (tertiary/aromatic N) is 1. The highest BCUT2D eigenvalue weighted by Gasteiger charge is 2.30. The summed E-state index contributed by atoms with van der Waals surface area (Å²) in [6, 6.07) is 14.5. The van der Waals surface area contributed by atoms with Crippen molar-refractivity contribution in [1.82, 2.24) is 10.3 Å².